The highest BCUT2D eigenvalue weighted by Crippen LogP contribution is 2.24. The third-order valence-corrected chi connectivity index (χ3v) is 4.57. The molecule has 0 aliphatic rings. The maximum atomic E-state index is 13.1. The van der Waals surface area contributed by atoms with Crippen molar-refractivity contribution in [2.75, 3.05) is 6.54 Å². The highest BCUT2D eigenvalue weighted by atomic mass is 16.1. The summed E-state index contributed by atoms with van der Waals surface area (Å²) in [4.78, 5) is 13.1. The molecule has 0 bridgehead atoms. The van der Waals surface area contributed by atoms with Crippen molar-refractivity contribution < 1.29 is 4.79 Å². The molecule has 0 amide bonds. The number of Topliss-reactive ketones (excluding diaryl/α,β-unsaturated/α-hetero) is 1. The summed E-state index contributed by atoms with van der Waals surface area (Å²) >= 11 is 0. The van der Waals surface area contributed by atoms with Crippen LogP contribution in [-0.4, -0.2) is 12.3 Å². The lowest BCUT2D eigenvalue weighted by atomic mass is 9.93. The summed E-state index contributed by atoms with van der Waals surface area (Å²) in [6.07, 6.45) is 4.18. The number of ketones is 1. The maximum Gasteiger partial charge on any atom is 0.184 e. The van der Waals surface area contributed by atoms with E-state index in [0.29, 0.717) is 0 Å². The Labute approximate surface area is 161 Å². The van der Waals surface area contributed by atoms with E-state index in [9.17, 15) is 4.79 Å². The number of rotatable bonds is 7. The van der Waals surface area contributed by atoms with Crippen LogP contribution in [0, 0.1) is 6.92 Å². The average Bonchev–Trinajstić information content (AvgIpc) is 2.72. The smallest absolute Gasteiger partial charge is 0.184 e. The predicted octanol–water partition coefficient (Wildman–Crippen LogP) is 5.70. The number of nitrogens with one attached hydrogen (secondary N) is 1. The van der Waals surface area contributed by atoms with Gasteiger partial charge in [-0.25, -0.2) is 0 Å². The molecule has 0 heterocycles. The third-order valence-electron chi connectivity index (χ3n) is 4.57. The standard InChI is InChI=1S/C25H25NO/c1-3-26-24(25(27)22-10-5-4-6-11-22)23-12-8-7-9-21(23)18-17-20-15-13-19(2)14-16-20/h4-18,24,26H,3H2,1-2H3/b18-17+. The van der Waals surface area contributed by atoms with Crippen LogP contribution in [0.3, 0.4) is 0 Å². The Morgan fingerprint density at radius 3 is 2.26 bits per heavy atom. The second-order valence-electron chi connectivity index (χ2n) is 6.59. The minimum absolute atomic E-state index is 0.0913. The second kappa shape index (κ2) is 9.11. The molecule has 1 unspecified atom stereocenters. The van der Waals surface area contributed by atoms with Gasteiger partial charge in [0.1, 0.15) is 0 Å². The number of likely N-dealkylation sites (N-methyl/N-ethyl adjacent to an activating group) is 1. The quantitative estimate of drug-likeness (QED) is 0.435. The zero-order valence-corrected chi connectivity index (χ0v) is 15.9. The van der Waals surface area contributed by atoms with Gasteiger partial charge in [0, 0.05) is 5.56 Å². The fourth-order valence-corrected chi connectivity index (χ4v) is 3.11. The van der Waals surface area contributed by atoms with Crippen LogP contribution in [0.1, 0.15) is 45.6 Å². The van der Waals surface area contributed by atoms with E-state index in [1.54, 1.807) is 0 Å². The van der Waals surface area contributed by atoms with Gasteiger partial charge in [0.05, 0.1) is 6.04 Å². The van der Waals surface area contributed by atoms with E-state index < -0.39 is 0 Å². The summed E-state index contributed by atoms with van der Waals surface area (Å²) in [6.45, 7) is 4.83. The van der Waals surface area contributed by atoms with Crippen molar-refractivity contribution in [1.82, 2.24) is 5.32 Å². The Kier molecular flexibility index (Phi) is 6.35. The Hall–Kier alpha value is -2.97. The van der Waals surface area contributed by atoms with Gasteiger partial charge < -0.3 is 5.32 Å². The molecule has 1 atom stereocenters. The lowest BCUT2D eigenvalue weighted by Crippen LogP contribution is -2.29. The molecule has 3 rings (SSSR count). The van der Waals surface area contributed by atoms with Gasteiger partial charge in [-0.15, -0.1) is 0 Å². The lowest BCUT2D eigenvalue weighted by Gasteiger charge is -2.19. The van der Waals surface area contributed by atoms with Gasteiger partial charge in [-0.05, 0) is 30.2 Å². The molecule has 3 aromatic rings. The Bertz CT molecular complexity index is 911. The van der Waals surface area contributed by atoms with E-state index in [4.69, 9.17) is 0 Å². The third kappa shape index (κ3) is 4.81. The molecule has 0 aliphatic heterocycles. The molecule has 0 aromatic heterocycles. The van der Waals surface area contributed by atoms with Gasteiger partial charge in [0.25, 0.3) is 0 Å². The van der Waals surface area contributed by atoms with Crippen LogP contribution in [0.4, 0.5) is 0 Å². The van der Waals surface area contributed by atoms with Crippen LogP contribution >= 0.6 is 0 Å². The Morgan fingerprint density at radius 2 is 1.56 bits per heavy atom. The predicted molar refractivity (Wildman–Crippen MR) is 114 cm³/mol. The first-order valence-corrected chi connectivity index (χ1v) is 9.35. The van der Waals surface area contributed by atoms with Gasteiger partial charge in [-0.1, -0.05) is 104 Å². The molecular formula is C25H25NO. The van der Waals surface area contributed by atoms with Crippen LogP contribution in [0.5, 0.6) is 0 Å². The van der Waals surface area contributed by atoms with Crippen LogP contribution in [0.15, 0.2) is 78.9 Å². The van der Waals surface area contributed by atoms with Gasteiger partial charge in [-0.3, -0.25) is 4.79 Å². The van der Waals surface area contributed by atoms with E-state index in [1.165, 1.54) is 5.56 Å². The summed E-state index contributed by atoms with van der Waals surface area (Å²) < 4.78 is 0. The molecule has 0 saturated carbocycles. The largest absolute Gasteiger partial charge is 0.304 e. The maximum absolute atomic E-state index is 13.1. The summed E-state index contributed by atoms with van der Waals surface area (Å²) in [5, 5.41) is 3.36. The van der Waals surface area contributed by atoms with E-state index in [1.807, 2.05) is 55.5 Å². The van der Waals surface area contributed by atoms with Crippen molar-refractivity contribution >= 4 is 17.9 Å². The van der Waals surface area contributed by atoms with Crippen molar-refractivity contribution in [3.63, 3.8) is 0 Å². The van der Waals surface area contributed by atoms with E-state index in [0.717, 1.165) is 28.8 Å². The van der Waals surface area contributed by atoms with Gasteiger partial charge in [0.15, 0.2) is 5.78 Å². The number of aryl methyl sites for hydroxylation is 1. The van der Waals surface area contributed by atoms with Gasteiger partial charge in [-0.2, -0.15) is 0 Å². The number of benzene rings is 3. The number of carbonyl (C=O) groups excluding carboxylic acids is 1. The molecule has 0 saturated heterocycles. The van der Waals surface area contributed by atoms with E-state index >= 15 is 0 Å². The fraction of sp³-hybridized carbons (Fsp3) is 0.160. The Balaban J connectivity index is 1.94. The monoisotopic (exact) mass is 355 g/mol. The molecule has 1 N–H and O–H groups in total. The molecule has 0 aliphatic carbocycles. The average molecular weight is 355 g/mol. The second-order valence-corrected chi connectivity index (χ2v) is 6.59. The van der Waals surface area contributed by atoms with Crippen LogP contribution in [0.2, 0.25) is 0 Å². The zero-order valence-electron chi connectivity index (χ0n) is 15.9. The minimum atomic E-state index is -0.365. The molecule has 0 fully saturated rings. The highest BCUT2D eigenvalue weighted by Gasteiger charge is 2.22. The minimum Gasteiger partial charge on any atom is -0.304 e. The molecular weight excluding hydrogens is 330 g/mol. The van der Waals surface area contributed by atoms with Crippen LogP contribution in [0.25, 0.3) is 12.2 Å². The van der Waals surface area contributed by atoms with Crippen molar-refractivity contribution in [3.8, 4) is 0 Å². The summed E-state index contributed by atoms with van der Waals surface area (Å²) in [7, 11) is 0. The van der Waals surface area contributed by atoms with E-state index in [-0.39, 0.29) is 11.8 Å². The van der Waals surface area contributed by atoms with Crippen molar-refractivity contribution in [3.05, 3.63) is 107 Å². The topological polar surface area (TPSA) is 29.1 Å². The first-order valence-electron chi connectivity index (χ1n) is 9.35. The first kappa shape index (κ1) is 18.8. The molecule has 2 heteroatoms. The van der Waals surface area contributed by atoms with Crippen molar-refractivity contribution in [1.29, 1.82) is 0 Å². The van der Waals surface area contributed by atoms with Crippen LogP contribution < -0.4 is 5.32 Å². The van der Waals surface area contributed by atoms with Crippen molar-refractivity contribution in [2.24, 2.45) is 0 Å². The van der Waals surface area contributed by atoms with Gasteiger partial charge >= 0.3 is 0 Å². The number of carbonyl (C=O) groups is 1. The molecule has 2 nitrogen and oxygen atoms in total. The molecule has 3 aromatic carbocycles. The Morgan fingerprint density at radius 1 is 0.889 bits per heavy atom. The van der Waals surface area contributed by atoms with Crippen molar-refractivity contribution in [2.45, 2.75) is 19.9 Å². The normalized spacial score (nSPS) is 12.2. The summed E-state index contributed by atoms with van der Waals surface area (Å²) in [5.74, 6) is 0.0913. The molecule has 0 spiro atoms. The number of hydrogen-bond acceptors (Lipinski definition) is 2. The number of hydrogen-bond donors (Lipinski definition) is 1. The van der Waals surface area contributed by atoms with E-state index in [2.05, 4.69) is 54.7 Å². The highest BCUT2D eigenvalue weighted by molar-refractivity contribution is 6.01. The molecule has 0 radical (unpaired) electrons. The molecule has 136 valence electrons. The summed E-state index contributed by atoms with van der Waals surface area (Å²) in [5.41, 5.74) is 5.16. The van der Waals surface area contributed by atoms with Crippen LogP contribution in [-0.2, 0) is 0 Å². The SMILES string of the molecule is CCNC(C(=O)c1ccccc1)c1ccccc1/C=C/c1ccc(C)cc1. The van der Waals surface area contributed by atoms with Gasteiger partial charge in [0.2, 0.25) is 0 Å². The summed E-state index contributed by atoms with van der Waals surface area (Å²) in [6, 6.07) is 25.6. The zero-order chi connectivity index (χ0) is 19.1. The first-order chi connectivity index (χ1) is 13.2. The molecule has 27 heavy (non-hydrogen) atoms. The fourth-order valence-electron chi connectivity index (χ4n) is 3.11. The lowest BCUT2D eigenvalue weighted by molar-refractivity contribution is 0.0943.